The maximum absolute atomic E-state index is 6.92. The molecule has 4 aromatic heterocycles. The summed E-state index contributed by atoms with van der Waals surface area (Å²) in [7, 11) is 0. The first-order valence-corrected chi connectivity index (χ1v) is 17.7. The Morgan fingerprint density at radius 3 is 1.82 bits per heavy atom. The first kappa shape index (κ1) is 28.2. The predicted octanol–water partition coefficient (Wildman–Crippen LogP) is 12.7. The first-order valence-electron chi connectivity index (χ1n) is 16.9. The van der Waals surface area contributed by atoms with Crippen LogP contribution in [-0.4, -0.2) is 15.0 Å². The number of fused-ring (bicyclic) bond motifs is 9. The number of furan rings is 2. The normalized spacial score (nSPS) is 11.9. The zero-order chi connectivity index (χ0) is 33.5. The van der Waals surface area contributed by atoms with Gasteiger partial charge in [0.25, 0.3) is 0 Å². The Kier molecular flexibility index (Phi) is 6.05. The standard InChI is InChI=1S/C45H25N3O2S/c1-2-11-26(12-3-1)43-46-44(27-23-24-29-28-13-4-6-21-37(28)49-38(29)25-27)48-45(47-43)36-20-9-16-32-31-15-8-17-33(40(31)50-41(32)36)35-19-10-18-34-30-14-5-7-22-39(30)51-42(34)35/h1-25H. The van der Waals surface area contributed by atoms with Crippen molar-refractivity contribution in [2.24, 2.45) is 0 Å². The monoisotopic (exact) mass is 671 g/mol. The topological polar surface area (TPSA) is 65.0 Å². The Hall–Kier alpha value is -6.63. The third-order valence-electron chi connectivity index (χ3n) is 9.76. The number of aromatic nitrogens is 3. The number of thiophene rings is 1. The summed E-state index contributed by atoms with van der Waals surface area (Å²) in [5.74, 6) is 1.69. The molecule has 0 aliphatic rings. The van der Waals surface area contributed by atoms with Gasteiger partial charge in [-0.15, -0.1) is 11.3 Å². The van der Waals surface area contributed by atoms with Crippen LogP contribution in [0, 0.1) is 0 Å². The van der Waals surface area contributed by atoms with E-state index < -0.39 is 0 Å². The first-order chi connectivity index (χ1) is 25.3. The molecule has 0 fully saturated rings. The number of nitrogens with zero attached hydrogens (tertiary/aromatic N) is 3. The van der Waals surface area contributed by atoms with Crippen molar-refractivity contribution in [1.29, 1.82) is 0 Å². The van der Waals surface area contributed by atoms with Crippen LogP contribution in [0.1, 0.15) is 0 Å². The highest BCUT2D eigenvalue weighted by Gasteiger charge is 2.21. The van der Waals surface area contributed by atoms with Gasteiger partial charge in [0.05, 0.1) is 5.56 Å². The number of hydrogen-bond acceptors (Lipinski definition) is 6. The molecule has 0 saturated carbocycles. The molecule has 11 rings (SSSR count). The second-order valence-corrected chi connectivity index (χ2v) is 13.8. The Labute approximate surface area is 295 Å². The Bertz CT molecular complexity index is 3160. The molecule has 0 radical (unpaired) electrons. The maximum Gasteiger partial charge on any atom is 0.167 e. The Morgan fingerprint density at radius 1 is 0.373 bits per heavy atom. The van der Waals surface area contributed by atoms with Gasteiger partial charge in [-0.3, -0.25) is 0 Å². The van der Waals surface area contributed by atoms with Crippen LogP contribution in [0.4, 0.5) is 0 Å². The minimum atomic E-state index is 0.543. The van der Waals surface area contributed by atoms with E-state index in [-0.39, 0.29) is 0 Å². The van der Waals surface area contributed by atoms with Crippen LogP contribution in [0.25, 0.3) is 109 Å². The van der Waals surface area contributed by atoms with E-state index in [0.717, 1.165) is 71.7 Å². The molecule has 51 heavy (non-hydrogen) atoms. The van der Waals surface area contributed by atoms with Crippen molar-refractivity contribution in [1.82, 2.24) is 15.0 Å². The van der Waals surface area contributed by atoms with Crippen LogP contribution in [0.5, 0.6) is 0 Å². The van der Waals surface area contributed by atoms with Crippen molar-refractivity contribution in [2.45, 2.75) is 0 Å². The molecule has 6 heteroatoms. The summed E-state index contributed by atoms with van der Waals surface area (Å²) in [6.07, 6.45) is 0. The quantitative estimate of drug-likeness (QED) is 0.186. The van der Waals surface area contributed by atoms with Crippen LogP contribution in [0.2, 0.25) is 0 Å². The summed E-state index contributed by atoms with van der Waals surface area (Å²) in [5.41, 5.74) is 8.01. The lowest BCUT2D eigenvalue weighted by molar-refractivity contribution is 0.669. The van der Waals surface area contributed by atoms with Gasteiger partial charge in [-0.25, -0.2) is 15.0 Å². The predicted molar refractivity (Wildman–Crippen MR) is 209 cm³/mol. The van der Waals surface area contributed by atoms with Crippen LogP contribution in [0.3, 0.4) is 0 Å². The minimum Gasteiger partial charge on any atom is -0.456 e. The van der Waals surface area contributed by atoms with Crippen molar-refractivity contribution in [3.63, 3.8) is 0 Å². The van der Waals surface area contributed by atoms with E-state index in [4.69, 9.17) is 23.8 Å². The fourth-order valence-corrected chi connectivity index (χ4v) is 8.60. The highest BCUT2D eigenvalue weighted by Crippen LogP contribution is 2.44. The lowest BCUT2D eigenvalue weighted by Crippen LogP contribution is -2.00. The molecule has 4 heterocycles. The van der Waals surface area contributed by atoms with E-state index in [2.05, 4.69) is 91.0 Å². The molecule has 11 aromatic rings. The van der Waals surface area contributed by atoms with E-state index >= 15 is 0 Å². The van der Waals surface area contributed by atoms with Gasteiger partial charge in [0.2, 0.25) is 0 Å². The second-order valence-electron chi connectivity index (χ2n) is 12.7. The van der Waals surface area contributed by atoms with Crippen molar-refractivity contribution < 1.29 is 8.83 Å². The summed E-state index contributed by atoms with van der Waals surface area (Å²) in [5, 5.41) is 6.74. The van der Waals surface area contributed by atoms with Gasteiger partial charge >= 0.3 is 0 Å². The van der Waals surface area contributed by atoms with Crippen molar-refractivity contribution in [2.75, 3.05) is 0 Å². The molecular weight excluding hydrogens is 647 g/mol. The van der Waals surface area contributed by atoms with E-state index in [1.807, 2.05) is 72.0 Å². The zero-order valence-electron chi connectivity index (χ0n) is 27.0. The van der Waals surface area contributed by atoms with Crippen molar-refractivity contribution >= 4 is 75.4 Å². The van der Waals surface area contributed by atoms with Gasteiger partial charge in [0.1, 0.15) is 22.3 Å². The third-order valence-corrected chi connectivity index (χ3v) is 11.0. The van der Waals surface area contributed by atoms with Crippen molar-refractivity contribution in [3.05, 3.63) is 152 Å². The maximum atomic E-state index is 6.92. The third kappa shape index (κ3) is 4.37. The number of hydrogen-bond donors (Lipinski definition) is 0. The van der Waals surface area contributed by atoms with Crippen molar-refractivity contribution in [3.8, 4) is 45.3 Å². The SMILES string of the molecule is c1ccc(-c2nc(-c3ccc4c(c3)oc3ccccc34)nc(-c3cccc4c3oc3c(-c5cccc6c5sc5ccccc56)cccc34)n2)cc1. The highest BCUT2D eigenvalue weighted by molar-refractivity contribution is 7.26. The molecule has 0 atom stereocenters. The van der Waals surface area contributed by atoms with E-state index in [1.165, 1.54) is 20.2 Å². The largest absolute Gasteiger partial charge is 0.456 e. The minimum absolute atomic E-state index is 0.543. The number of rotatable bonds is 4. The molecule has 0 aliphatic carbocycles. The van der Waals surface area contributed by atoms with Crippen LogP contribution >= 0.6 is 11.3 Å². The number of benzene rings is 7. The Balaban J connectivity index is 1.13. The van der Waals surface area contributed by atoms with E-state index in [9.17, 15) is 0 Å². The van der Waals surface area contributed by atoms with Gasteiger partial charge in [-0.05, 0) is 30.3 Å². The van der Waals surface area contributed by atoms with Gasteiger partial charge in [0, 0.05) is 64.0 Å². The van der Waals surface area contributed by atoms with E-state index in [0.29, 0.717) is 17.5 Å². The molecule has 0 amide bonds. The molecular formula is C45H25N3O2S. The summed E-state index contributed by atoms with van der Waals surface area (Å²) in [4.78, 5) is 15.2. The summed E-state index contributed by atoms with van der Waals surface area (Å²) in [6.45, 7) is 0. The molecule has 5 nitrogen and oxygen atoms in total. The summed E-state index contributed by atoms with van der Waals surface area (Å²) < 4.78 is 15.7. The van der Waals surface area contributed by atoms with Crippen LogP contribution < -0.4 is 0 Å². The van der Waals surface area contributed by atoms with E-state index in [1.54, 1.807) is 0 Å². The average molecular weight is 672 g/mol. The fourth-order valence-electron chi connectivity index (χ4n) is 7.37. The van der Waals surface area contributed by atoms with Gasteiger partial charge < -0.3 is 8.83 Å². The second kappa shape index (κ2) is 10.9. The lowest BCUT2D eigenvalue weighted by Gasteiger charge is -2.09. The smallest absolute Gasteiger partial charge is 0.167 e. The molecule has 0 aliphatic heterocycles. The molecule has 0 unspecified atom stereocenters. The van der Waals surface area contributed by atoms with Gasteiger partial charge in [-0.1, -0.05) is 121 Å². The Morgan fingerprint density at radius 2 is 0.980 bits per heavy atom. The summed E-state index contributed by atoms with van der Waals surface area (Å²) in [6, 6.07) is 52.1. The summed E-state index contributed by atoms with van der Waals surface area (Å²) >= 11 is 1.82. The molecule has 238 valence electrons. The highest BCUT2D eigenvalue weighted by atomic mass is 32.1. The van der Waals surface area contributed by atoms with Gasteiger partial charge in [0.15, 0.2) is 17.5 Å². The molecule has 0 saturated heterocycles. The molecule has 7 aromatic carbocycles. The molecule has 0 bridgehead atoms. The lowest BCUT2D eigenvalue weighted by atomic mass is 10.00. The number of para-hydroxylation sites is 3. The molecule has 0 N–H and O–H groups in total. The van der Waals surface area contributed by atoms with Crippen LogP contribution in [-0.2, 0) is 0 Å². The molecule has 0 spiro atoms. The van der Waals surface area contributed by atoms with Gasteiger partial charge in [-0.2, -0.15) is 0 Å². The van der Waals surface area contributed by atoms with Crippen LogP contribution in [0.15, 0.2) is 160 Å². The zero-order valence-corrected chi connectivity index (χ0v) is 27.8. The average Bonchev–Trinajstić information content (AvgIpc) is 3.89. The fraction of sp³-hybridized carbons (Fsp3) is 0.